The van der Waals surface area contributed by atoms with Crippen molar-refractivity contribution in [2.75, 3.05) is 0 Å². The third-order valence-electron chi connectivity index (χ3n) is 9.42. The molecule has 2 nitrogen and oxygen atoms in total. The minimum Gasteiger partial charge on any atom is -0.393 e. The first-order chi connectivity index (χ1) is 11.2. The lowest BCUT2D eigenvalue weighted by Crippen LogP contribution is -2.62. The fraction of sp³-hybridized carbons (Fsp3) is 0.909. The average molecular weight is 333 g/mol. The Hall–Kier alpha value is -0.340. The summed E-state index contributed by atoms with van der Waals surface area (Å²) in [6.07, 6.45) is 9.85. The largest absolute Gasteiger partial charge is 0.393 e. The van der Waals surface area contributed by atoms with E-state index in [0.29, 0.717) is 29.1 Å². The molecule has 2 heteroatoms. The first kappa shape index (κ1) is 17.1. The molecule has 0 spiro atoms. The van der Waals surface area contributed by atoms with Crippen LogP contribution in [0.3, 0.4) is 0 Å². The molecule has 0 aliphatic heterocycles. The van der Waals surface area contributed by atoms with Gasteiger partial charge in [-0.2, -0.15) is 0 Å². The molecule has 4 saturated carbocycles. The van der Waals surface area contributed by atoms with Crippen molar-refractivity contribution in [1.82, 2.24) is 0 Å². The Morgan fingerprint density at radius 2 is 1.71 bits per heavy atom. The molecule has 0 bridgehead atoms. The van der Waals surface area contributed by atoms with Gasteiger partial charge in [-0.3, -0.25) is 0 Å². The third-order valence-corrected chi connectivity index (χ3v) is 9.42. The number of allylic oxidation sites excluding steroid dienone is 1. The highest BCUT2D eigenvalue weighted by atomic mass is 16.3. The predicted molar refractivity (Wildman–Crippen MR) is 97.5 cm³/mol. The number of fused-ring (bicyclic) bond motifs is 5. The van der Waals surface area contributed by atoms with E-state index in [-0.39, 0.29) is 11.5 Å². The molecule has 0 aromatic carbocycles. The van der Waals surface area contributed by atoms with Gasteiger partial charge >= 0.3 is 0 Å². The van der Waals surface area contributed by atoms with Crippen molar-refractivity contribution >= 4 is 0 Å². The first-order valence-corrected chi connectivity index (χ1v) is 10.3. The van der Waals surface area contributed by atoms with Crippen LogP contribution in [-0.4, -0.2) is 21.9 Å². The van der Waals surface area contributed by atoms with Crippen molar-refractivity contribution in [2.45, 2.75) is 90.3 Å². The molecule has 4 fully saturated rings. The van der Waals surface area contributed by atoms with Crippen LogP contribution in [0.15, 0.2) is 12.2 Å². The average Bonchev–Trinajstić information content (AvgIpc) is 2.80. The van der Waals surface area contributed by atoms with Gasteiger partial charge in [-0.1, -0.05) is 26.0 Å². The van der Waals surface area contributed by atoms with Gasteiger partial charge in [-0.15, -0.1) is 0 Å². The fourth-order valence-electron chi connectivity index (χ4n) is 7.99. The maximum absolute atomic E-state index is 12.0. The quantitative estimate of drug-likeness (QED) is 0.683. The molecule has 0 aromatic heterocycles. The highest BCUT2D eigenvalue weighted by molar-refractivity contribution is 5.21. The summed E-state index contributed by atoms with van der Waals surface area (Å²) in [5.41, 5.74) is 1.13. The Bertz CT molecular complexity index is 542. The normalized spacial score (nSPS) is 57.0. The summed E-state index contributed by atoms with van der Waals surface area (Å²) in [6.45, 7) is 11.3. The molecule has 0 radical (unpaired) electrons. The molecular weight excluding hydrogens is 296 g/mol. The highest BCUT2D eigenvalue weighted by Gasteiger charge is 2.67. The molecule has 2 N–H and O–H groups in total. The van der Waals surface area contributed by atoms with E-state index in [4.69, 9.17) is 0 Å². The second kappa shape index (κ2) is 5.33. The summed E-state index contributed by atoms with van der Waals surface area (Å²) < 4.78 is 0. The molecule has 0 aromatic rings. The maximum atomic E-state index is 12.0. The molecule has 4 aliphatic rings. The smallest absolute Gasteiger partial charge is 0.0737 e. The van der Waals surface area contributed by atoms with Crippen LogP contribution in [-0.2, 0) is 0 Å². The molecule has 0 amide bonds. The van der Waals surface area contributed by atoms with Crippen LogP contribution in [0, 0.1) is 34.5 Å². The van der Waals surface area contributed by atoms with Gasteiger partial charge in [0.25, 0.3) is 0 Å². The summed E-state index contributed by atoms with van der Waals surface area (Å²) in [6, 6.07) is 0. The fourth-order valence-corrected chi connectivity index (χ4v) is 7.99. The van der Waals surface area contributed by atoms with E-state index in [1.807, 2.05) is 0 Å². The monoisotopic (exact) mass is 332 g/mol. The number of hydrogen-bond donors (Lipinski definition) is 2. The van der Waals surface area contributed by atoms with Crippen LogP contribution in [0.2, 0.25) is 0 Å². The maximum Gasteiger partial charge on any atom is 0.0737 e. The standard InChI is InChI=1S/C22H36O2/c1-14(2)17-9-12-22(24)19-6-5-15-13-16(23)7-10-20(15,3)18(19)8-11-21(17,22)4/h15-19,23-24H,1,5-13H2,2-4H3. The zero-order chi connectivity index (χ0) is 17.3. The van der Waals surface area contributed by atoms with Crippen molar-refractivity contribution in [2.24, 2.45) is 34.5 Å². The zero-order valence-electron chi connectivity index (χ0n) is 15.9. The lowest BCUT2D eigenvalue weighted by molar-refractivity contribution is -0.208. The van der Waals surface area contributed by atoms with Gasteiger partial charge in [-0.05, 0) is 93.8 Å². The van der Waals surface area contributed by atoms with Gasteiger partial charge in [0.05, 0.1) is 11.7 Å². The molecule has 0 heterocycles. The Morgan fingerprint density at radius 3 is 2.42 bits per heavy atom. The Kier molecular flexibility index (Phi) is 3.80. The van der Waals surface area contributed by atoms with Gasteiger partial charge in [0.2, 0.25) is 0 Å². The first-order valence-electron chi connectivity index (χ1n) is 10.3. The lowest BCUT2D eigenvalue weighted by Gasteiger charge is -2.63. The third kappa shape index (κ3) is 2.02. The van der Waals surface area contributed by atoms with Crippen LogP contribution >= 0.6 is 0 Å². The van der Waals surface area contributed by atoms with E-state index in [2.05, 4.69) is 27.4 Å². The van der Waals surface area contributed by atoms with Crippen molar-refractivity contribution in [1.29, 1.82) is 0 Å². The SMILES string of the molecule is C=C(C)C1CCC2(O)C3CCC4CC(O)CCC4(C)C3CCC12C. The number of aliphatic hydroxyl groups is 2. The molecule has 136 valence electrons. The topological polar surface area (TPSA) is 40.5 Å². The summed E-state index contributed by atoms with van der Waals surface area (Å²) in [5, 5.41) is 22.1. The summed E-state index contributed by atoms with van der Waals surface area (Å²) in [7, 11) is 0. The van der Waals surface area contributed by atoms with E-state index >= 15 is 0 Å². The predicted octanol–water partition coefficient (Wildman–Crippen LogP) is 4.70. The number of aliphatic hydroxyl groups excluding tert-OH is 1. The van der Waals surface area contributed by atoms with Crippen molar-refractivity contribution < 1.29 is 10.2 Å². The lowest BCUT2D eigenvalue weighted by atomic mass is 9.43. The summed E-state index contributed by atoms with van der Waals surface area (Å²) in [4.78, 5) is 0. The minimum atomic E-state index is -0.496. The van der Waals surface area contributed by atoms with Crippen molar-refractivity contribution in [3.8, 4) is 0 Å². The zero-order valence-corrected chi connectivity index (χ0v) is 15.9. The molecule has 0 saturated heterocycles. The molecule has 4 rings (SSSR count). The second-order valence-corrected chi connectivity index (χ2v) is 10.2. The minimum absolute atomic E-state index is 0.0252. The number of hydrogen-bond acceptors (Lipinski definition) is 2. The van der Waals surface area contributed by atoms with Crippen LogP contribution in [0.25, 0.3) is 0 Å². The Balaban J connectivity index is 1.68. The van der Waals surface area contributed by atoms with Gasteiger partial charge < -0.3 is 10.2 Å². The van der Waals surface area contributed by atoms with E-state index in [1.165, 1.54) is 18.4 Å². The van der Waals surface area contributed by atoms with Crippen LogP contribution in [0.5, 0.6) is 0 Å². The molecule has 24 heavy (non-hydrogen) atoms. The van der Waals surface area contributed by atoms with Crippen LogP contribution in [0.1, 0.15) is 78.6 Å². The van der Waals surface area contributed by atoms with Gasteiger partial charge in [0.1, 0.15) is 0 Å². The molecule has 4 aliphatic carbocycles. The van der Waals surface area contributed by atoms with Crippen LogP contribution in [0.4, 0.5) is 0 Å². The summed E-state index contributed by atoms with van der Waals surface area (Å²) in [5.74, 6) is 2.25. The van der Waals surface area contributed by atoms with E-state index in [0.717, 1.165) is 44.9 Å². The molecule has 8 atom stereocenters. The van der Waals surface area contributed by atoms with E-state index < -0.39 is 5.60 Å². The highest BCUT2D eigenvalue weighted by Crippen LogP contribution is 2.69. The van der Waals surface area contributed by atoms with E-state index in [1.54, 1.807) is 0 Å². The Labute approximate surface area is 147 Å². The molecule has 8 unspecified atom stereocenters. The van der Waals surface area contributed by atoms with Crippen molar-refractivity contribution in [3.05, 3.63) is 12.2 Å². The van der Waals surface area contributed by atoms with Crippen molar-refractivity contribution in [3.63, 3.8) is 0 Å². The van der Waals surface area contributed by atoms with E-state index in [9.17, 15) is 10.2 Å². The Morgan fingerprint density at radius 1 is 0.958 bits per heavy atom. The van der Waals surface area contributed by atoms with Crippen LogP contribution < -0.4 is 0 Å². The van der Waals surface area contributed by atoms with Gasteiger partial charge in [-0.25, -0.2) is 0 Å². The number of rotatable bonds is 1. The second-order valence-electron chi connectivity index (χ2n) is 10.2. The van der Waals surface area contributed by atoms with Gasteiger partial charge in [0, 0.05) is 5.41 Å². The summed E-state index contributed by atoms with van der Waals surface area (Å²) >= 11 is 0. The molecular formula is C22H36O2. The van der Waals surface area contributed by atoms with Gasteiger partial charge in [0.15, 0.2) is 0 Å².